The van der Waals surface area contributed by atoms with Crippen LogP contribution in [0.3, 0.4) is 0 Å². The van der Waals surface area contributed by atoms with Gasteiger partial charge in [-0.3, -0.25) is 5.43 Å². The van der Waals surface area contributed by atoms with Gasteiger partial charge in [-0.2, -0.15) is 18.3 Å². The summed E-state index contributed by atoms with van der Waals surface area (Å²) >= 11 is 4.36. The molecule has 0 aromatic heterocycles. The van der Waals surface area contributed by atoms with Gasteiger partial charge in [0.1, 0.15) is 0 Å². The Kier molecular flexibility index (Phi) is 4.17. The molecule has 0 aliphatic carbocycles. The minimum atomic E-state index is -4.83. The number of nitrogens with two attached hydrogens (primary N) is 1. The van der Waals surface area contributed by atoms with Crippen LogP contribution in [-0.4, -0.2) is 11.3 Å². The van der Waals surface area contributed by atoms with Crippen molar-refractivity contribution in [2.45, 2.75) is 6.18 Å². The number of hydrogen-bond donors (Lipinski definition) is 2. The largest absolute Gasteiger partial charge is 0.417 e. The molecule has 98 valence electrons. The molecule has 1 aromatic carbocycles. The van der Waals surface area contributed by atoms with Gasteiger partial charge in [-0.05, 0) is 24.4 Å². The molecular formula is C9H6F5N3S. The molecule has 0 atom stereocenters. The highest BCUT2D eigenvalue weighted by molar-refractivity contribution is 7.80. The van der Waals surface area contributed by atoms with Gasteiger partial charge in [-0.15, -0.1) is 0 Å². The van der Waals surface area contributed by atoms with E-state index in [2.05, 4.69) is 17.3 Å². The number of rotatable bonds is 2. The highest BCUT2D eigenvalue weighted by Crippen LogP contribution is 2.32. The lowest BCUT2D eigenvalue weighted by molar-refractivity contribution is -0.137. The fraction of sp³-hybridized carbons (Fsp3) is 0.111. The van der Waals surface area contributed by atoms with Gasteiger partial charge in [-0.25, -0.2) is 8.78 Å². The van der Waals surface area contributed by atoms with Gasteiger partial charge in [0.25, 0.3) is 0 Å². The summed E-state index contributed by atoms with van der Waals surface area (Å²) in [7, 11) is 0. The number of halogens is 5. The van der Waals surface area contributed by atoms with Crippen molar-refractivity contribution in [2.24, 2.45) is 10.8 Å². The highest BCUT2D eigenvalue weighted by atomic mass is 32.1. The first-order valence-corrected chi connectivity index (χ1v) is 4.77. The smallest absolute Gasteiger partial charge is 0.375 e. The minimum Gasteiger partial charge on any atom is -0.375 e. The summed E-state index contributed by atoms with van der Waals surface area (Å²) in [5, 5.41) is 2.98. The summed E-state index contributed by atoms with van der Waals surface area (Å²) in [6, 6.07) is 0.431. The first-order chi connectivity index (χ1) is 8.21. The van der Waals surface area contributed by atoms with Gasteiger partial charge in [0.15, 0.2) is 16.7 Å². The van der Waals surface area contributed by atoms with E-state index in [0.29, 0.717) is 12.3 Å². The molecule has 1 aromatic rings. The molecule has 9 heteroatoms. The van der Waals surface area contributed by atoms with Crippen LogP contribution in [-0.2, 0) is 6.18 Å². The van der Waals surface area contributed by atoms with Crippen LogP contribution in [0.1, 0.15) is 11.1 Å². The third-order valence-corrected chi connectivity index (χ3v) is 1.87. The van der Waals surface area contributed by atoms with Crippen molar-refractivity contribution in [2.75, 3.05) is 0 Å². The Hall–Kier alpha value is -1.77. The topological polar surface area (TPSA) is 50.4 Å². The van der Waals surface area contributed by atoms with E-state index >= 15 is 0 Å². The normalized spacial score (nSPS) is 11.8. The third kappa shape index (κ3) is 3.62. The van der Waals surface area contributed by atoms with E-state index in [1.165, 1.54) is 0 Å². The molecule has 18 heavy (non-hydrogen) atoms. The molecule has 0 aliphatic heterocycles. The molecule has 0 unspecified atom stereocenters. The first-order valence-electron chi connectivity index (χ1n) is 4.36. The van der Waals surface area contributed by atoms with Crippen LogP contribution in [0.5, 0.6) is 0 Å². The quantitative estimate of drug-likeness (QED) is 0.378. The predicted octanol–water partition coefficient (Wildman–Crippen LogP) is 2.15. The Morgan fingerprint density at radius 2 is 1.83 bits per heavy atom. The molecule has 0 aliphatic rings. The van der Waals surface area contributed by atoms with Gasteiger partial charge in [0.05, 0.1) is 11.8 Å². The summed E-state index contributed by atoms with van der Waals surface area (Å²) in [5.41, 5.74) is 4.99. The van der Waals surface area contributed by atoms with Gasteiger partial charge >= 0.3 is 6.18 Å². The fourth-order valence-corrected chi connectivity index (χ4v) is 1.13. The molecule has 0 fully saturated rings. The van der Waals surface area contributed by atoms with Crippen molar-refractivity contribution < 1.29 is 22.0 Å². The van der Waals surface area contributed by atoms with Gasteiger partial charge in [0.2, 0.25) is 0 Å². The Morgan fingerprint density at radius 3 is 2.33 bits per heavy atom. The molecule has 0 saturated carbocycles. The molecule has 0 heterocycles. The van der Waals surface area contributed by atoms with E-state index in [-0.39, 0.29) is 11.2 Å². The lowest BCUT2D eigenvalue weighted by atomic mass is 10.1. The van der Waals surface area contributed by atoms with Crippen molar-refractivity contribution in [3.8, 4) is 0 Å². The summed E-state index contributed by atoms with van der Waals surface area (Å²) in [5.74, 6) is -3.01. The summed E-state index contributed by atoms with van der Waals surface area (Å²) in [6.45, 7) is 0. The lowest BCUT2D eigenvalue weighted by Crippen LogP contribution is -2.24. The summed E-state index contributed by atoms with van der Waals surface area (Å²) < 4.78 is 63.2. The number of thiocarbonyl (C=S) groups is 1. The first kappa shape index (κ1) is 14.3. The fourth-order valence-electron chi connectivity index (χ4n) is 1.08. The van der Waals surface area contributed by atoms with Crippen LogP contribution in [0, 0.1) is 11.6 Å². The zero-order chi connectivity index (χ0) is 13.9. The van der Waals surface area contributed by atoms with Gasteiger partial charge in [0, 0.05) is 5.56 Å². The molecule has 0 radical (unpaired) electrons. The number of hydrazone groups is 1. The Labute approximate surface area is 103 Å². The molecule has 0 amide bonds. The maximum absolute atomic E-state index is 12.9. The standard InChI is InChI=1S/C9H6F5N3S/c10-6-1-4(3-16-17-8(15)18)5(2-7(6)11)9(12,13)14/h1-3H,(H3,15,17,18). The number of alkyl halides is 3. The summed E-state index contributed by atoms with van der Waals surface area (Å²) in [4.78, 5) is 0. The van der Waals surface area contributed by atoms with Gasteiger partial charge in [-0.1, -0.05) is 0 Å². The zero-order valence-corrected chi connectivity index (χ0v) is 9.37. The van der Waals surface area contributed by atoms with Crippen molar-refractivity contribution in [3.05, 3.63) is 34.9 Å². The van der Waals surface area contributed by atoms with Crippen LogP contribution < -0.4 is 11.2 Å². The van der Waals surface area contributed by atoms with Crippen molar-refractivity contribution >= 4 is 23.5 Å². The van der Waals surface area contributed by atoms with Crippen LogP contribution in [0.2, 0.25) is 0 Å². The van der Waals surface area contributed by atoms with E-state index in [9.17, 15) is 22.0 Å². The van der Waals surface area contributed by atoms with E-state index in [1.54, 1.807) is 0 Å². The molecule has 1 rings (SSSR count). The maximum atomic E-state index is 12.9. The average molecular weight is 283 g/mol. The Morgan fingerprint density at radius 1 is 1.28 bits per heavy atom. The number of hydrogen-bond acceptors (Lipinski definition) is 2. The zero-order valence-electron chi connectivity index (χ0n) is 8.55. The lowest BCUT2D eigenvalue weighted by Gasteiger charge is -2.10. The van der Waals surface area contributed by atoms with Crippen LogP contribution in [0.15, 0.2) is 17.2 Å². The molecule has 0 bridgehead atoms. The SMILES string of the molecule is NC(=S)NN=Cc1cc(F)c(F)cc1C(F)(F)F. The van der Waals surface area contributed by atoms with Crippen LogP contribution in [0.4, 0.5) is 22.0 Å². The second kappa shape index (κ2) is 5.25. The second-order valence-electron chi connectivity index (χ2n) is 3.09. The number of nitrogens with zero attached hydrogens (tertiary/aromatic N) is 1. The molecule has 0 spiro atoms. The molecular weight excluding hydrogens is 277 g/mol. The van der Waals surface area contributed by atoms with Crippen LogP contribution >= 0.6 is 12.2 Å². The average Bonchev–Trinajstić information content (AvgIpc) is 2.20. The molecule has 3 N–H and O–H groups in total. The van der Waals surface area contributed by atoms with E-state index in [0.717, 1.165) is 0 Å². The highest BCUT2D eigenvalue weighted by Gasteiger charge is 2.34. The Bertz CT molecular complexity index is 498. The molecule has 0 saturated heterocycles. The van der Waals surface area contributed by atoms with E-state index < -0.39 is 28.9 Å². The predicted molar refractivity (Wildman–Crippen MR) is 58.9 cm³/mol. The van der Waals surface area contributed by atoms with Crippen LogP contribution in [0.25, 0.3) is 0 Å². The molecule has 3 nitrogen and oxygen atoms in total. The van der Waals surface area contributed by atoms with Gasteiger partial charge < -0.3 is 5.73 Å². The summed E-state index contributed by atoms with van der Waals surface area (Å²) in [6.07, 6.45) is -4.19. The minimum absolute atomic E-state index is 0.0530. The van der Waals surface area contributed by atoms with E-state index in [1.807, 2.05) is 5.43 Å². The number of benzene rings is 1. The second-order valence-corrected chi connectivity index (χ2v) is 3.53. The monoisotopic (exact) mass is 283 g/mol. The van der Waals surface area contributed by atoms with Crippen molar-refractivity contribution in [3.63, 3.8) is 0 Å². The van der Waals surface area contributed by atoms with Crippen molar-refractivity contribution in [1.82, 2.24) is 5.43 Å². The Balaban J connectivity index is 3.20. The number of nitrogens with one attached hydrogen (secondary N) is 1. The van der Waals surface area contributed by atoms with E-state index in [4.69, 9.17) is 5.73 Å². The maximum Gasteiger partial charge on any atom is 0.417 e. The third-order valence-electron chi connectivity index (χ3n) is 1.78. The van der Waals surface area contributed by atoms with Crippen molar-refractivity contribution in [1.29, 1.82) is 0 Å².